The van der Waals surface area contributed by atoms with Gasteiger partial charge in [-0.3, -0.25) is 4.68 Å². The van der Waals surface area contributed by atoms with Crippen molar-refractivity contribution in [1.29, 1.82) is 0 Å². The first kappa shape index (κ1) is 12.2. The van der Waals surface area contributed by atoms with Crippen molar-refractivity contribution in [1.82, 2.24) is 9.78 Å². The van der Waals surface area contributed by atoms with Gasteiger partial charge in [-0.2, -0.15) is 5.10 Å². The molecule has 1 aromatic heterocycles. The Morgan fingerprint density at radius 3 is 2.65 bits per heavy atom. The average Bonchev–Trinajstić information content (AvgIpc) is 2.72. The van der Waals surface area contributed by atoms with E-state index in [9.17, 15) is 0 Å². The average molecular weight is 230 g/mol. The van der Waals surface area contributed by atoms with Gasteiger partial charge < -0.3 is 0 Å². The molecule has 2 heteroatoms. The van der Waals surface area contributed by atoms with E-state index in [0.29, 0.717) is 5.41 Å². The first-order valence-corrected chi connectivity index (χ1v) is 6.33. The summed E-state index contributed by atoms with van der Waals surface area (Å²) in [6, 6.07) is 2.09. The lowest BCUT2D eigenvalue weighted by Gasteiger charge is -2.15. The van der Waals surface area contributed by atoms with E-state index >= 15 is 0 Å². The van der Waals surface area contributed by atoms with E-state index in [2.05, 4.69) is 51.0 Å². The molecule has 1 saturated carbocycles. The second-order valence-electron chi connectivity index (χ2n) is 5.44. The van der Waals surface area contributed by atoms with Gasteiger partial charge in [0.15, 0.2) is 0 Å². The van der Waals surface area contributed by atoms with Gasteiger partial charge in [-0.15, -0.1) is 0 Å². The Labute approximate surface area is 104 Å². The van der Waals surface area contributed by atoms with Gasteiger partial charge in [0.1, 0.15) is 0 Å². The van der Waals surface area contributed by atoms with Crippen molar-refractivity contribution >= 4 is 5.57 Å². The monoisotopic (exact) mass is 230 g/mol. The third kappa shape index (κ3) is 2.08. The minimum Gasteiger partial charge on any atom is -0.275 e. The van der Waals surface area contributed by atoms with Gasteiger partial charge >= 0.3 is 0 Å². The summed E-state index contributed by atoms with van der Waals surface area (Å²) < 4.78 is 1.87. The number of allylic oxidation sites excluding steroid dienone is 4. The molecule has 17 heavy (non-hydrogen) atoms. The Morgan fingerprint density at radius 1 is 1.59 bits per heavy atom. The lowest BCUT2D eigenvalue weighted by molar-refractivity contribution is 0.635. The second kappa shape index (κ2) is 4.17. The summed E-state index contributed by atoms with van der Waals surface area (Å²) in [5.74, 6) is 0.785. The number of rotatable bonds is 3. The molecule has 0 saturated heterocycles. The molecule has 1 fully saturated rings. The SMILES string of the molecule is C/C=C\C(=C(/C)c1ccn(C)n1)C1(C)CC1C. The van der Waals surface area contributed by atoms with Crippen LogP contribution in [0.3, 0.4) is 0 Å². The minimum absolute atomic E-state index is 0.355. The fourth-order valence-electron chi connectivity index (χ4n) is 2.62. The topological polar surface area (TPSA) is 17.8 Å². The summed E-state index contributed by atoms with van der Waals surface area (Å²) in [6.45, 7) is 8.96. The van der Waals surface area contributed by atoms with Gasteiger partial charge in [0.05, 0.1) is 5.69 Å². The summed E-state index contributed by atoms with van der Waals surface area (Å²) in [6.07, 6.45) is 7.69. The Balaban J connectivity index is 2.44. The predicted octanol–water partition coefficient (Wildman–Crippen LogP) is 3.82. The van der Waals surface area contributed by atoms with Crippen molar-refractivity contribution in [3.63, 3.8) is 0 Å². The largest absolute Gasteiger partial charge is 0.275 e. The van der Waals surface area contributed by atoms with Crippen LogP contribution in [0.2, 0.25) is 0 Å². The maximum absolute atomic E-state index is 4.50. The normalized spacial score (nSPS) is 29.6. The number of nitrogens with zero attached hydrogens (tertiary/aromatic N) is 2. The van der Waals surface area contributed by atoms with Gasteiger partial charge in [-0.05, 0) is 48.8 Å². The van der Waals surface area contributed by atoms with Crippen molar-refractivity contribution in [3.8, 4) is 0 Å². The van der Waals surface area contributed by atoms with Crippen molar-refractivity contribution in [2.24, 2.45) is 18.4 Å². The van der Waals surface area contributed by atoms with Crippen LogP contribution in [-0.4, -0.2) is 9.78 Å². The number of aromatic nitrogens is 2. The number of hydrogen-bond acceptors (Lipinski definition) is 1. The predicted molar refractivity (Wildman–Crippen MR) is 72.5 cm³/mol. The molecule has 0 bridgehead atoms. The summed E-state index contributed by atoms with van der Waals surface area (Å²) in [5.41, 5.74) is 4.22. The van der Waals surface area contributed by atoms with Gasteiger partial charge in [0.2, 0.25) is 0 Å². The van der Waals surface area contributed by atoms with Crippen molar-refractivity contribution in [2.45, 2.75) is 34.1 Å². The molecule has 92 valence electrons. The van der Waals surface area contributed by atoms with E-state index in [1.807, 2.05) is 17.9 Å². The van der Waals surface area contributed by atoms with Crippen LogP contribution < -0.4 is 0 Å². The van der Waals surface area contributed by atoms with Crippen LogP contribution in [0.15, 0.2) is 30.0 Å². The van der Waals surface area contributed by atoms with E-state index in [1.165, 1.54) is 17.6 Å². The van der Waals surface area contributed by atoms with Crippen LogP contribution in [-0.2, 0) is 7.05 Å². The molecule has 0 aromatic carbocycles. The third-order valence-corrected chi connectivity index (χ3v) is 4.11. The van der Waals surface area contributed by atoms with Crippen molar-refractivity contribution in [2.75, 3.05) is 0 Å². The molecule has 1 aromatic rings. The van der Waals surface area contributed by atoms with Gasteiger partial charge in [0.25, 0.3) is 0 Å². The van der Waals surface area contributed by atoms with Crippen molar-refractivity contribution < 1.29 is 0 Å². The molecule has 1 aliphatic carbocycles. The van der Waals surface area contributed by atoms with Crippen LogP contribution in [0.25, 0.3) is 5.57 Å². The second-order valence-corrected chi connectivity index (χ2v) is 5.44. The van der Waals surface area contributed by atoms with E-state index in [-0.39, 0.29) is 0 Å². The highest BCUT2D eigenvalue weighted by molar-refractivity contribution is 5.69. The minimum atomic E-state index is 0.355. The molecule has 0 aliphatic heterocycles. The smallest absolute Gasteiger partial charge is 0.0882 e. The van der Waals surface area contributed by atoms with E-state index in [4.69, 9.17) is 0 Å². The lowest BCUT2D eigenvalue weighted by Crippen LogP contribution is -2.03. The molecule has 1 heterocycles. The summed E-state index contributed by atoms with van der Waals surface area (Å²) in [7, 11) is 1.97. The molecule has 2 unspecified atom stereocenters. The third-order valence-electron chi connectivity index (χ3n) is 4.11. The molecule has 0 radical (unpaired) electrons. The van der Waals surface area contributed by atoms with E-state index in [1.54, 1.807) is 0 Å². The van der Waals surface area contributed by atoms with Gasteiger partial charge in [0, 0.05) is 13.2 Å². The highest BCUT2D eigenvalue weighted by atomic mass is 15.2. The number of hydrogen-bond donors (Lipinski definition) is 0. The molecule has 2 rings (SSSR count). The maximum Gasteiger partial charge on any atom is 0.0882 e. The Bertz CT molecular complexity index is 479. The van der Waals surface area contributed by atoms with Crippen LogP contribution >= 0.6 is 0 Å². The zero-order chi connectivity index (χ0) is 12.6. The molecular weight excluding hydrogens is 208 g/mol. The molecule has 1 aliphatic rings. The number of aryl methyl sites for hydroxylation is 1. The quantitative estimate of drug-likeness (QED) is 0.722. The van der Waals surface area contributed by atoms with Crippen molar-refractivity contribution in [3.05, 3.63) is 35.7 Å². The fraction of sp³-hybridized carbons (Fsp3) is 0.533. The maximum atomic E-state index is 4.50. The Morgan fingerprint density at radius 2 is 2.24 bits per heavy atom. The summed E-state index contributed by atoms with van der Waals surface area (Å²) in [4.78, 5) is 0. The molecular formula is C15H22N2. The first-order chi connectivity index (χ1) is 7.99. The van der Waals surface area contributed by atoms with Crippen LogP contribution in [0.4, 0.5) is 0 Å². The lowest BCUT2D eigenvalue weighted by atomic mass is 9.90. The fourth-order valence-corrected chi connectivity index (χ4v) is 2.62. The highest BCUT2D eigenvalue weighted by Gasteiger charge is 2.49. The van der Waals surface area contributed by atoms with Crippen LogP contribution in [0, 0.1) is 11.3 Å². The highest BCUT2D eigenvalue weighted by Crippen LogP contribution is 2.58. The van der Waals surface area contributed by atoms with Crippen LogP contribution in [0.1, 0.15) is 39.8 Å². The Kier molecular flexibility index (Phi) is 2.98. The zero-order valence-electron chi connectivity index (χ0n) is 11.5. The zero-order valence-corrected chi connectivity index (χ0v) is 11.5. The molecule has 2 atom stereocenters. The van der Waals surface area contributed by atoms with Gasteiger partial charge in [-0.1, -0.05) is 26.0 Å². The standard InChI is InChI=1S/C15H22N2/c1-6-7-13(15(4)10-11(15)2)12(3)14-8-9-17(5)16-14/h6-9,11H,10H2,1-5H3/b7-6-,13-12-. The first-order valence-electron chi connectivity index (χ1n) is 6.33. The molecule has 0 N–H and O–H groups in total. The molecule has 0 amide bonds. The Hall–Kier alpha value is -1.31. The summed E-state index contributed by atoms with van der Waals surface area (Å²) in [5, 5.41) is 4.50. The molecule has 2 nitrogen and oxygen atoms in total. The van der Waals surface area contributed by atoms with E-state index < -0.39 is 0 Å². The summed E-state index contributed by atoms with van der Waals surface area (Å²) >= 11 is 0. The van der Waals surface area contributed by atoms with Crippen LogP contribution in [0.5, 0.6) is 0 Å². The van der Waals surface area contributed by atoms with E-state index in [0.717, 1.165) is 11.6 Å². The molecule has 0 spiro atoms. The van der Waals surface area contributed by atoms with Gasteiger partial charge in [-0.25, -0.2) is 0 Å².